The Morgan fingerprint density at radius 3 is 2.43 bits per heavy atom. The highest BCUT2D eigenvalue weighted by molar-refractivity contribution is 5.92. The van der Waals surface area contributed by atoms with Gasteiger partial charge in [0, 0.05) is 66.5 Å². The topological polar surface area (TPSA) is 54.4 Å². The lowest BCUT2D eigenvalue weighted by Crippen LogP contribution is -2.30. The standard InChI is InChI=1S/C22H25N5O/c1-14-15(2)24-13-25-22(14)27-11-16-9-26(10-17(16)12-27)21-6-7-23-20-5-4-18(28-3)8-19(20)21/h4-8,13,16-17H,9-12H2,1-3H3. The molecule has 2 aromatic heterocycles. The summed E-state index contributed by atoms with van der Waals surface area (Å²) in [6, 6.07) is 8.25. The molecule has 0 amide bonds. The Kier molecular flexibility index (Phi) is 4.07. The SMILES string of the molecule is COc1ccc2nccc(N3CC4CN(c5ncnc(C)c5C)CC4C3)c2c1. The number of hydrogen-bond donors (Lipinski definition) is 0. The van der Waals surface area contributed by atoms with E-state index >= 15 is 0 Å². The van der Waals surface area contributed by atoms with E-state index in [0.717, 1.165) is 49.0 Å². The van der Waals surface area contributed by atoms with E-state index in [4.69, 9.17) is 4.74 Å². The second-order valence-corrected chi connectivity index (χ2v) is 7.95. The Hall–Kier alpha value is -2.89. The van der Waals surface area contributed by atoms with Gasteiger partial charge in [0.1, 0.15) is 17.9 Å². The van der Waals surface area contributed by atoms with Gasteiger partial charge >= 0.3 is 0 Å². The predicted octanol–water partition coefficient (Wildman–Crippen LogP) is 3.22. The number of hydrogen-bond acceptors (Lipinski definition) is 6. The number of aryl methyl sites for hydroxylation is 1. The van der Waals surface area contributed by atoms with E-state index in [9.17, 15) is 0 Å². The summed E-state index contributed by atoms with van der Waals surface area (Å²) in [7, 11) is 1.71. The van der Waals surface area contributed by atoms with Crippen molar-refractivity contribution in [1.29, 1.82) is 0 Å². The van der Waals surface area contributed by atoms with E-state index in [1.165, 1.54) is 16.6 Å². The Morgan fingerprint density at radius 2 is 1.68 bits per heavy atom. The van der Waals surface area contributed by atoms with E-state index in [0.29, 0.717) is 11.8 Å². The highest BCUT2D eigenvalue weighted by Gasteiger charge is 2.41. The first-order valence-electron chi connectivity index (χ1n) is 9.85. The Bertz CT molecular complexity index is 1020. The van der Waals surface area contributed by atoms with E-state index in [1.54, 1.807) is 13.4 Å². The molecule has 0 spiro atoms. The molecule has 4 heterocycles. The maximum absolute atomic E-state index is 5.43. The summed E-state index contributed by atoms with van der Waals surface area (Å²) in [6.45, 7) is 8.44. The van der Waals surface area contributed by atoms with Crippen LogP contribution in [0.2, 0.25) is 0 Å². The largest absolute Gasteiger partial charge is 0.497 e. The van der Waals surface area contributed by atoms with Gasteiger partial charge in [-0.15, -0.1) is 0 Å². The van der Waals surface area contributed by atoms with Crippen LogP contribution in [0.5, 0.6) is 5.75 Å². The summed E-state index contributed by atoms with van der Waals surface area (Å²) in [6.07, 6.45) is 3.60. The number of pyridine rings is 1. The van der Waals surface area contributed by atoms with Crippen molar-refractivity contribution in [2.75, 3.05) is 43.1 Å². The molecule has 0 radical (unpaired) electrons. The fraction of sp³-hybridized carbons (Fsp3) is 0.409. The highest BCUT2D eigenvalue weighted by Crippen LogP contribution is 2.38. The number of aromatic nitrogens is 3. The molecule has 2 aliphatic rings. The molecule has 2 atom stereocenters. The summed E-state index contributed by atoms with van der Waals surface area (Å²) < 4.78 is 5.43. The van der Waals surface area contributed by atoms with Crippen LogP contribution in [0.3, 0.4) is 0 Å². The Balaban J connectivity index is 1.39. The van der Waals surface area contributed by atoms with E-state index in [-0.39, 0.29) is 0 Å². The number of methoxy groups -OCH3 is 1. The zero-order chi connectivity index (χ0) is 19.3. The average molecular weight is 375 g/mol. The van der Waals surface area contributed by atoms with Crippen LogP contribution in [0.4, 0.5) is 11.5 Å². The zero-order valence-corrected chi connectivity index (χ0v) is 16.6. The Morgan fingerprint density at radius 1 is 0.929 bits per heavy atom. The molecule has 0 bridgehead atoms. The maximum atomic E-state index is 5.43. The molecule has 2 fully saturated rings. The van der Waals surface area contributed by atoms with E-state index < -0.39 is 0 Å². The van der Waals surface area contributed by atoms with Gasteiger partial charge in [0.15, 0.2) is 0 Å². The summed E-state index contributed by atoms with van der Waals surface area (Å²) in [4.78, 5) is 18.4. The molecular weight excluding hydrogens is 350 g/mol. The summed E-state index contributed by atoms with van der Waals surface area (Å²) in [5.74, 6) is 3.29. The molecule has 144 valence electrons. The van der Waals surface area contributed by atoms with Crippen LogP contribution in [-0.4, -0.2) is 48.2 Å². The lowest BCUT2D eigenvalue weighted by molar-refractivity contribution is 0.415. The molecule has 2 saturated heterocycles. The Labute approximate surface area is 165 Å². The molecule has 3 aromatic rings. The molecule has 0 saturated carbocycles. The molecule has 6 heteroatoms. The second kappa shape index (κ2) is 6.62. The molecule has 0 aliphatic carbocycles. The third-order valence-corrected chi connectivity index (χ3v) is 6.36. The van der Waals surface area contributed by atoms with E-state index in [1.807, 2.05) is 18.3 Å². The van der Waals surface area contributed by atoms with Gasteiger partial charge in [-0.1, -0.05) is 0 Å². The molecule has 1 aromatic carbocycles. The van der Waals surface area contributed by atoms with Crippen LogP contribution in [0, 0.1) is 25.7 Å². The van der Waals surface area contributed by atoms with Gasteiger partial charge in [-0.3, -0.25) is 4.98 Å². The van der Waals surface area contributed by atoms with Gasteiger partial charge in [-0.25, -0.2) is 9.97 Å². The number of anilines is 2. The van der Waals surface area contributed by atoms with Crippen molar-refractivity contribution in [1.82, 2.24) is 15.0 Å². The minimum Gasteiger partial charge on any atom is -0.497 e. The first kappa shape index (κ1) is 17.2. The second-order valence-electron chi connectivity index (χ2n) is 7.95. The molecule has 2 aliphatic heterocycles. The van der Waals surface area contributed by atoms with Crippen molar-refractivity contribution >= 4 is 22.4 Å². The van der Waals surface area contributed by atoms with Crippen molar-refractivity contribution in [3.8, 4) is 5.75 Å². The lowest BCUT2D eigenvalue weighted by Gasteiger charge is -2.25. The first-order valence-corrected chi connectivity index (χ1v) is 9.85. The average Bonchev–Trinajstić information content (AvgIpc) is 3.28. The predicted molar refractivity (Wildman–Crippen MR) is 111 cm³/mol. The minimum absolute atomic E-state index is 0.656. The fourth-order valence-corrected chi connectivity index (χ4v) is 4.72. The molecule has 28 heavy (non-hydrogen) atoms. The normalized spacial score (nSPS) is 21.4. The monoisotopic (exact) mass is 375 g/mol. The van der Waals surface area contributed by atoms with Gasteiger partial charge in [0.25, 0.3) is 0 Å². The van der Waals surface area contributed by atoms with Crippen LogP contribution in [-0.2, 0) is 0 Å². The molecule has 6 nitrogen and oxygen atoms in total. The van der Waals surface area contributed by atoms with Crippen molar-refractivity contribution in [3.05, 3.63) is 48.0 Å². The lowest BCUT2D eigenvalue weighted by atomic mass is 10.0. The smallest absolute Gasteiger partial charge is 0.135 e. The first-order chi connectivity index (χ1) is 13.6. The van der Waals surface area contributed by atoms with Crippen LogP contribution in [0.1, 0.15) is 11.3 Å². The summed E-state index contributed by atoms with van der Waals surface area (Å²) in [5.41, 5.74) is 4.55. The van der Waals surface area contributed by atoms with E-state index in [2.05, 4.69) is 50.7 Å². The molecular formula is C22H25N5O. The molecule has 0 N–H and O–H groups in total. The molecule has 5 rings (SSSR count). The summed E-state index contributed by atoms with van der Waals surface area (Å²) in [5, 5.41) is 1.17. The van der Waals surface area contributed by atoms with Crippen molar-refractivity contribution < 1.29 is 4.74 Å². The van der Waals surface area contributed by atoms with Crippen molar-refractivity contribution in [2.24, 2.45) is 11.8 Å². The summed E-state index contributed by atoms with van der Waals surface area (Å²) >= 11 is 0. The zero-order valence-electron chi connectivity index (χ0n) is 16.6. The van der Waals surface area contributed by atoms with Crippen LogP contribution >= 0.6 is 0 Å². The number of rotatable bonds is 3. The van der Waals surface area contributed by atoms with Crippen molar-refractivity contribution in [2.45, 2.75) is 13.8 Å². The fourth-order valence-electron chi connectivity index (χ4n) is 4.72. The quantitative estimate of drug-likeness (QED) is 0.701. The number of nitrogens with zero attached hydrogens (tertiary/aromatic N) is 5. The van der Waals surface area contributed by atoms with Crippen LogP contribution in [0.25, 0.3) is 10.9 Å². The van der Waals surface area contributed by atoms with Gasteiger partial charge in [0.2, 0.25) is 0 Å². The van der Waals surface area contributed by atoms with Crippen LogP contribution < -0.4 is 14.5 Å². The molecule has 2 unspecified atom stereocenters. The third kappa shape index (κ3) is 2.75. The van der Waals surface area contributed by atoms with Gasteiger partial charge in [-0.05, 0) is 38.1 Å². The van der Waals surface area contributed by atoms with Crippen LogP contribution in [0.15, 0.2) is 36.8 Å². The number of fused-ring (bicyclic) bond motifs is 2. The van der Waals surface area contributed by atoms with Crippen molar-refractivity contribution in [3.63, 3.8) is 0 Å². The van der Waals surface area contributed by atoms with Gasteiger partial charge in [0.05, 0.1) is 12.6 Å². The van der Waals surface area contributed by atoms with Gasteiger partial charge in [-0.2, -0.15) is 0 Å². The maximum Gasteiger partial charge on any atom is 0.135 e. The number of ether oxygens (including phenoxy) is 1. The minimum atomic E-state index is 0.656. The highest BCUT2D eigenvalue weighted by atomic mass is 16.5. The van der Waals surface area contributed by atoms with Gasteiger partial charge < -0.3 is 14.5 Å². The number of benzene rings is 1. The third-order valence-electron chi connectivity index (χ3n) is 6.36.